The van der Waals surface area contributed by atoms with Crippen molar-refractivity contribution in [1.29, 1.82) is 0 Å². The summed E-state index contributed by atoms with van der Waals surface area (Å²) in [5.74, 6) is -0.00684. The Labute approximate surface area is 142 Å². The third kappa shape index (κ3) is 3.99. The molecule has 1 aromatic carbocycles. The molecule has 0 aliphatic carbocycles. The van der Waals surface area contributed by atoms with Crippen LogP contribution >= 0.6 is 0 Å². The van der Waals surface area contributed by atoms with Gasteiger partial charge in [0, 0.05) is 38.8 Å². The molecule has 1 aromatic rings. The van der Waals surface area contributed by atoms with E-state index in [-0.39, 0.29) is 14.8 Å². The molecule has 1 unspecified atom stereocenters. The summed E-state index contributed by atoms with van der Waals surface area (Å²) in [6, 6.07) is 6.96. The molecule has 1 aliphatic rings. The fraction of sp³-hybridized carbons (Fsp3) is 0.579. The van der Waals surface area contributed by atoms with Crippen LogP contribution < -0.4 is 15.9 Å². The van der Waals surface area contributed by atoms with E-state index in [0.29, 0.717) is 24.2 Å². The molecule has 0 fully saturated rings. The second kappa shape index (κ2) is 7.26. The Balaban J connectivity index is 0.00000288. The summed E-state index contributed by atoms with van der Waals surface area (Å²) in [4.78, 5) is 19.3. The maximum Gasteiger partial charge on any atom is 0.251 e. The maximum atomic E-state index is 12.4. The number of amides is 1. The van der Waals surface area contributed by atoms with Crippen LogP contribution in [0.2, 0.25) is 0 Å². The van der Waals surface area contributed by atoms with Crippen LogP contribution in [0, 0.1) is 0 Å². The summed E-state index contributed by atoms with van der Waals surface area (Å²) in [5.41, 5.74) is 1.95. The Kier molecular flexibility index (Phi) is 5.58. The standard InChI is InChI=1S/C19H29N3O.2H2/c1-12(2)22(13(3)4)10-9-20-19(23)16-7-8-18-17(11-16)14(5)15(6)21-18;;/h7-8,11-13,15H,9-10H2,1-6H3,(H,20,23);2*1H. The quantitative estimate of drug-likeness (QED) is 0.874. The number of benzene rings is 1. The van der Waals surface area contributed by atoms with Gasteiger partial charge < -0.3 is 5.32 Å². The smallest absolute Gasteiger partial charge is 0.251 e. The lowest BCUT2D eigenvalue weighted by atomic mass is 10.1. The molecule has 23 heavy (non-hydrogen) atoms. The first-order valence-electron chi connectivity index (χ1n) is 8.54. The number of hydrogen-bond acceptors (Lipinski definition) is 3. The Morgan fingerprint density at radius 1 is 1.30 bits per heavy atom. The van der Waals surface area contributed by atoms with Gasteiger partial charge in [0.15, 0.2) is 0 Å². The van der Waals surface area contributed by atoms with Crippen molar-refractivity contribution in [1.82, 2.24) is 10.2 Å². The average molecular weight is 319 g/mol. The Hall–Kier alpha value is -1.68. The Bertz CT molecular complexity index is 693. The zero-order valence-corrected chi connectivity index (χ0v) is 15.2. The predicted molar refractivity (Wildman–Crippen MR) is 99.3 cm³/mol. The predicted octanol–water partition coefficient (Wildman–Crippen LogP) is 2.22. The van der Waals surface area contributed by atoms with E-state index in [1.165, 1.54) is 5.57 Å². The third-order valence-electron chi connectivity index (χ3n) is 4.63. The summed E-state index contributed by atoms with van der Waals surface area (Å²) in [6.45, 7) is 14.4. The molecule has 1 heterocycles. The number of hydrogen-bond donors (Lipinski definition) is 1. The van der Waals surface area contributed by atoms with Crippen LogP contribution in [0.15, 0.2) is 23.2 Å². The first-order chi connectivity index (χ1) is 10.8. The molecule has 0 saturated heterocycles. The van der Waals surface area contributed by atoms with Crippen molar-refractivity contribution in [2.24, 2.45) is 4.99 Å². The summed E-state index contributed by atoms with van der Waals surface area (Å²) in [7, 11) is 0. The van der Waals surface area contributed by atoms with Gasteiger partial charge in [0.25, 0.3) is 5.91 Å². The molecule has 0 radical (unpaired) electrons. The van der Waals surface area contributed by atoms with Gasteiger partial charge in [0.2, 0.25) is 0 Å². The minimum absolute atomic E-state index is 0. The minimum atomic E-state index is -0.00684. The van der Waals surface area contributed by atoms with E-state index in [0.717, 1.165) is 17.1 Å². The van der Waals surface area contributed by atoms with Crippen molar-refractivity contribution >= 4 is 11.5 Å². The van der Waals surface area contributed by atoms with Crippen LogP contribution in [0.25, 0.3) is 5.57 Å². The Morgan fingerprint density at radius 2 is 1.96 bits per heavy atom. The maximum absolute atomic E-state index is 12.4. The van der Waals surface area contributed by atoms with Crippen LogP contribution in [-0.2, 0) is 0 Å². The summed E-state index contributed by atoms with van der Waals surface area (Å²) < 4.78 is 0. The normalized spacial score (nSPS) is 16.9. The fourth-order valence-electron chi connectivity index (χ4n) is 3.15. The van der Waals surface area contributed by atoms with Gasteiger partial charge in [0.1, 0.15) is 0 Å². The van der Waals surface area contributed by atoms with Crippen LogP contribution in [0.5, 0.6) is 0 Å². The topological polar surface area (TPSA) is 44.7 Å². The molecule has 1 N–H and O–H groups in total. The number of fused-ring (bicyclic) bond motifs is 1. The molecule has 1 aliphatic heterocycles. The molecule has 0 saturated carbocycles. The number of carbonyl (C=O) groups excluding carboxylic acids is 1. The van der Waals surface area contributed by atoms with E-state index in [1.807, 2.05) is 18.2 Å². The molecule has 0 bridgehead atoms. The van der Waals surface area contributed by atoms with Crippen molar-refractivity contribution in [2.45, 2.75) is 59.7 Å². The lowest BCUT2D eigenvalue weighted by Gasteiger charge is -2.30. The number of nitrogens with zero attached hydrogens (tertiary/aromatic N) is 2. The molecular weight excluding hydrogens is 286 g/mol. The summed E-state index contributed by atoms with van der Waals surface area (Å²) in [6.07, 6.45) is 0. The van der Waals surface area contributed by atoms with Gasteiger partial charge in [-0.05, 0) is 65.3 Å². The molecule has 1 atom stereocenters. The lowest BCUT2D eigenvalue weighted by Crippen LogP contribution is -2.42. The van der Waals surface area contributed by atoms with Crippen LogP contribution in [0.1, 0.15) is 54.8 Å². The molecule has 130 valence electrons. The number of carbonyl (C=O) groups is 1. The fourth-order valence-corrected chi connectivity index (χ4v) is 3.15. The van der Waals surface area contributed by atoms with E-state index in [1.54, 1.807) is 0 Å². The van der Waals surface area contributed by atoms with Gasteiger partial charge in [-0.3, -0.25) is 14.7 Å². The van der Waals surface area contributed by atoms with E-state index < -0.39 is 0 Å². The Morgan fingerprint density at radius 3 is 2.57 bits per heavy atom. The number of nitrogens with one attached hydrogen (secondary N) is 1. The van der Waals surface area contributed by atoms with Gasteiger partial charge in [-0.15, -0.1) is 0 Å². The van der Waals surface area contributed by atoms with Crippen molar-refractivity contribution in [3.63, 3.8) is 0 Å². The van der Waals surface area contributed by atoms with Crippen LogP contribution in [0.4, 0.5) is 0 Å². The van der Waals surface area contributed by atoms with Crippen molar-refractivity contribution < 1.29 is 7.65 Å². The van der Waals surface area contributed by atoms with Gasteiger partial charge in [-0.2, -0.15) is 0 Å². The second-order valence-electron chi connectivity index (χ2n) is 6.90. The largest absolute Gasteiger partial charge is 0.351 e. The van der Waals surface area contributed by atoms with Crippen LogP contribution in [0.3, 0.4) is 0 Å². The molecular formula is C19H33N3O. The monoisotopic (exact) mass is 319 g/mol. The first kappa shape index (κ1) is 17.7. The van der Waals surface area contributed by atoms with Gasteiger partial charge >= 0.3 is 0 Å². The van der Waals surface area contributed by atoms with Crippen LogP contribution in [-0.4, -0.2) is 42.0 Å². The number of rotatable bonds is 6. The first-order valence-corrected chi connectivity index (χ1v) is 8.54. The minimum Gasteiger partial charge on any atom is -0.351 e. The zero-order chi connectivity index (χ0) is 17.1. The second-order valence-corrected chi connectivity index (χ2v) is 6.90. The highest BCUT2D eigenvalue weighted by molar-refractivity contribution is 5.94. The van der Waals surface area contributed by atoms with Crippen molar-refractivity contribution in [3.05, 3.63) is 34.3 Å². The SMILES string of the molecule is CC1=c2cc(C(=O)NCCN(C(C)C)C(C)C)ccc2=NC1C.[HH].[HH]. The van der Waals surface area contributed by atoms with Crippen molar-refractivity contribution in [2.75, 3.05) is 13.1 Å². The highest BCUT2D eigenvalue weighted by atomic mass is 16.1. The molecule has 4 heteroatoms. The van der Waals surface area contributed by atoms with E-state index in [2.05, 4.69) is 56.8 Å². The third-order valence-corrected chi connectivity index (χ3v) is 4.63. The van der Waals surface area contributed by atoms with E-state index in [9.17, 15) is 4.79 Å². The highest BCUT2D eigenvalue weighted by Crippen LogP contribution is 2.07. The van der Waals surface area contributed by atoms with Gasteiger partial charge in [-0.1, -0.05) is 0 Å². The molecule has 0 spiro atoms. The van der Waals surface area contributed by atoms with Gasteiger partial charge in [0.05, 0.1) is 11.4 Å². The highest BCUT2D eigenvalue weighted by Gasteiger charge is 2.15. The molecule has 2 rings (SSSR count). The summed E-state index contributed by atoms with van der Waals surface area (Å²) >= 11 is 0. The lowest BCUT2D eigenvalue weighted by molar-refractivity contribution is 0.0939. The van der Waals surface area contributed by atoms with Gasteiger partial charge in [-0.25, -0.2) is 0 Å². The summed E-state index contributed by atoms with van der Waals surface area (Å²) in [5, 5.41) is 5.14. The molecule has 4 nitrogen and oxygen atoms in total. The van der Waals surface area contributed by atoms with E-state index >= 15 is 0 Å². The molecule has 0 aromatic heterocycles. The van der Waals surface area contributed by atoms with Crippen molar-refractivity contribution in [3.8, 4) is 0 Å². The zero-order valence-electron chi connectivity index (χ0n) is 15.2. The molecule has 1 amide bonds. The average Bonchev–Trinajstić information content (AvgIpc) is 2.77. The van der Waals surface area contributed by atoms with E-state index in [4.69, 9.17) is 0 Å².